The predicted molar refractivity (Wildman–Crippen MR) is 124 cm³/mol. The fourth-order valence-electron chi connectivity index (χ4n) is 3.26. The van der Waals surface area contributed by atoms with Crippen molar-refractivity contribution in [3.05, 3.63) is 94.2 Å². The van der Waals surface area contributed by atoms with E-state index in [1.165, 1.54) is 22.2 Å². The van der Waals surface area contributed by atoms with Crippen LogP contribution in [0.5, 0.6) is 0 Å². The van der Waals surface area contributed by atoms with E-state index in [4.69, 9.17) is 0 Å². The third-order valence-corrected chi connectivity index (χ3v) is 6.69. The van der Waals surface area contributed by atoms with Gasteiger partial charge in [0.05, 0.1) is 18.3 Å². The second-order valence-electron chi connectivity index (χ2n) is 7.02. The van der Waals surface area contributed by atoms with Crippen molar-refractivity contribution >= 4 is 29.0 Å². The van der Waals surface area contributed by atoms with Crippen LogP contribution in [0.15, 0.2) is 83.3 Å². The summed E-state index contributed by atoms with van der Waals surface area (Å²) >= 11 is 3.08. The minimum absolute atomic E-state index is 0.0393. The number of carbonyl (C=O) groups is 1. The van der Waals surface area contributed by atoms with Gasteiger partial charge in [-0.3, -0.25) is 4.79 Å². The number of aromatic nitrogens is 4. The normalized spacial score (nSPS) is 11.9. The van der Waals surface area contributed by atoms with E-state index in [-0.39, 0.29) is 17.7 Å². The molecule has 0 aliphatic heterocycles. The summed E-state index contributed by atoms with van der Waals surface area (Å²) in [5.41, 5.74) is 2.27. The molecule has 31 heavy (non-hydrogen) atoms. The van der Waals surface area contributed by atoms with E-state index in [0.29, 0.717) is 11.7 Å². The lowest BCUT2D eigenvalue weighted by Crippen LogP contribution is -2.31. The lowest BCUT2D eigenvalue weighted by Gasteiger charge is -2.19. The summed E-state index contributed by atoms with van der Waals surface area (Å²) in [5, 5.41) is 17.8. The van der Waals surface area contributed by atoms with E-state index in [1.54, 1.807) is 16.0 Å². The van der Waals surface area contributed by atoms with Gasteiger partial charge < -0.3 is 5.32 Å². The van der Waals surface area contributed by atoms with Crippen LogP contribution in [-0.2, 0) is 24.2 Å². The highest BCUT2D eigenvalue weighted by molar-refractivity contribution is 7.99. The van der Waals surface area contributed by atoms with Gasteiger partial charge in [0.1, 0.15) is 0 Å². The van der Waals surface area contributed by atoms with Gasteiger partial charge in [-0.2, -0.15) is 0 Å². The molecule has 158 valence electrons. The first kappa shape index (κ1) is 21.3. The first-order valence-corrected chi connectivity index (χ1v) is 11.9. The maximum absolute atomic E-state index is 12.8. The molecule has 0 fully saturated rings. The Bertz CT molecular complexity index is 1070. The van der Waals surface area contributed by atoms with Crippen LogP contribution in [0.4, 0.5) is 0 Å². The lowest BCUT2D eigenvalue weighted by atomic mass is 9.99. The van der Waals surface area contributed by atoms with Crippen molar-refractivity contribution in [1.29, 1.82) is 0 Å². The number of nitrogens with one attached hydrogen (secondary N) is 1. The summed E-state index contributed by atoms with van der Waals surface area (Å²) in [5.74, 6) is 0.222. The molecule has 6 nitrogen and oxygen atoms in total. The molecule has 1 atom stereocenters. The summed E-state index contributed by atoms with van der Waals surface area (Å²) in [4.78, 5) is 14.0. The molecule has 0 aliphatic carbocycles. The number of carbonyl (C=O) groups excluding carboxylic acids is 1. The Labute approximate surface area is 189 Å². The summed E-state index contributed by atoms with van der Waals surface area (Å²) in [6, 6.07) is 24.3. The van der Waals surface area contributed by atoms with Crippen LogP contribution < -0.4 is 5.32 Å². The molecular formula is C23H23N5OS2. The Kier molecular flexibility index (Phi) is 7.46. The maximum atomic E-state index is 12.8. The van der Waals surface area contributed by atoms with Crippen LogP contribution in [-0.4, -0.2) is 31.9 Å². The smallest absolute Gasteiger partial charge is 0.230 e. The van der Waals surface area contributed by atoms with E-state index >= 15 is 0 Å². The van der Waals surface area contributed by atoms with Gasteiger partial charge in [0, 0.05) is 11.3 Å². The van der Waals surface area contributed by atoms with Crippen molar-refractivity contribution in [3.63, 3.8) is 0 Å². The average Bonchev–Trinajstić information content (AvgIpc) is 3.49. The molecular weight excluding hydrogens is 426 g/mol. The number of tetrazole rings is 1. The monoisotopic (exact) mass is 449 g/mol. The quantitative estimate of drug-likeness (QED) is 0.368. The first-order chi connectivity index (χ1) is 15.3. The van der Waals surface area contributed by atoms with Crippen LogP contribution in [0.25, 0.3) is 0 Å². The van der Waals surface area contributed by atoms with Crippen molar-refractivity contribution < 1.29 is 4.79 Å². The topological polar surface area (TPSA) is 72.7 Å². The fraction of sp³-hybridized carbons (Fsp3) is 0.217. The molecule has 0 aliphatic rings. The Morgan fingerprint density at radius 1 is 1.03 bits per heavy atom. The number of amides is 1. The molecule has 4 aromatic rings. The SMILES string of the molecule is O=C(CSc1nnnn1CCc1cccs1)NC(Cc1ccccc1)c1ccccc1. The highest BCUT2D eigenvalue weighted by atomic mass is 32.2. The molecule has 4 rings (SSSR count). The number of aryl methyl sites for hydroxylation is 2. The van der Waals surface area contributed by atoms with E-state index in [9.17, 15) is 4.79 Å². The van der Waals surface area contributed by atoms with Crippen LogP contribution in [0.3, 0.4) is 0 Å². The molecule has 2 heterocycles. The minimum atomic E-state index is -0.0912. The maximum Gasteiger partial charge on any atom is 0.230 e. The van der Waals surface area contributed by atoms with Crippen LogP contribution in [0, 0.1) is 0 Å². The summed E-state index contributed by atoms with van der Waals surface area (Å²) in [6.45, 7) is 0.693. The van der Waals surface area contributed by atoms with Gasteiger partial charge in [0.25, 0.3) is 0 Å². The van der Waals surface area contributed by atoms with E-state index < -0.39 is 0 Å². The van der Waals surface area contributed by atoms with Crippen molar-refractivity contribution in [2.75, 3.05) is 5.75 Å². The molecule has 2 aromatic heterocycles. The number of thioether (sulfide) groups is 1. The predicted octanol–water partition coefficient (Wildman–Crippen LogP) is 4.17. The molecule has 0 radical (unpaired) electrons. The van der Waals surface area contributed by atoms with Crippen LogP contribution in [0.2, 0.25) is 0 Å². The molecule has 1 N–H and O–H groups in total. The zero-order valence-electron chi connectivity index (χ0n) is 16.9. The number of rotatable bonds is 10. The zero-order valence-corrected chi connectivity index (χ0v) is 18.6. The van der Waals surface area contributed by atoms with E-state index in [0.717, 1.165) is 18.4 Å². The van der Waals surface area contributed by atoms with Gasteiger partial charge in [-0.25, -0.2) is 4.68 Å². The van der Waals surface area contributed by atoms with Crippen molar-refractivity contribution in [1.82, 2.24) is 25.5 Å². The summed E-state index contributed by atoms with van der Waals surface area (Å²) in [6.07, 6.45) is 1.61. The number of nitrogens with zero attached hydrogens (tertiary/aromatic N) is 4. The molecule has 1 amide bonds. The van der Waals surface area contributed by atoms with Crippen molar-refractivity contribution in [2.24, 2.45) is 0 Å². The minimum Gasteiger partial charge on any atom is -0.348 e. The second kappa shape index (κ2) is 10.9. The van der Waals surface area contributed by atoms with Crippen LogP contribution >= 0.6 is 23.1 Å². The number of hydrogen-bond donors (Lipinski definition) is 1. The molecule has 8 heteroatoms. The van der Waals surface area contributed by atoms with Crippen LogP contribution in [0.1, 0.15) is 22.0 Å². The Morgan fingerprint density at radius 3 is 2.55 bits per heavy atom. The fourth-order valence-corrected chi connectivity index (χ4v) is 4.68. The van der Waals surface area contributed by atoms with E-state index in [2.05, 4.69) is 44.4 Å². The molecule has 1 unspecified atom stereocenters. The van der Waals surface area contributed by atoms with Gasteiger partial charge in [-0.05, 0) is 39.4 Å². The molecule has 0 bridgehead atoms. The number of thiophene rings is 1. The highest BCUT2D eigenvalue weighted by Crippen LogP contribution is 2.20. The molecule has 2 aromatic carbocycles. The standard InChI is InChI=1S/C23H23N5OS2/c29-22(17-31-23-25-26-27-28(23)14-13-20-12-7-15-30-20)24-21(19-10-5-2-6-11-19)16-18-8-3-1-4-9-18/h1-12,15,21H,13-14,16-17H2,(H,24,29). The van der Waals surface area contributed by atoms with E-state index in [1.807, 2.05) is 54.6 Å². The number of hydrogen-bond acceptors (Lipinski definition) is 6. The Hall–Kier alpha value is -2.97. The third kappa shape index (κ3) is 6.26. The third-order valence-electron chi connectivity index (χ3n) is 4.80. The number of benzene rings is 2. The second-order valence-corrected chi connectivity index (χ2v) is 9.00. The van der Waals surface area contributed by atoms with Crippen molar-refractivity contribution in [3.8, 4) is 0 Å². The first-order valence-electron chi connectivity index (χ1n) is 10.1. The molecule has 0 spiro atoms. The van der Waals surface area contributed by atoms with Gasteiger partial charge in [0.2, 0.25) is 11.1 Å². The van der Waals surface area contributed by atoms with Gasteiger partial charge in [-0.1, -0.05) is 78.5 Å². The Morgan fingerprint density at radius 2 is 1.81 bits per heavy atom. The van der Waals surface area contributed by atoms with Gasteiger partial charge in [0.15, 0.2) is 0 Å². The Balaban J connectivity index is 1.35. The average molecular weight is 450 g/mol. The lowest BCUT2D eigenvalue weighted by molar-refractivity contribution is -0.119. The largest absolute Gasteiger partial charge is 0.348 e. The molecule has 0 saturated carbocycles. The summed E-state index contributed by atoms with van der Waals surface area (Å²) < 4.78 is 1.76. The zero-order chi connectivity index (χ0) is 21.3. The van der Waals surface area contributed by atoms with Crippen molar-refractivity contribution in [2.45, 2.75) is 30.6 Å². The highest BCUT2D eigenvalue weighted by Gasteiger charge is 2.17. The van der Waals surface area contributed by atoms with Gasteiger partial charge >= 0.3 is 0 Å². The van der Waals surface area contributed by atoms with Gasteiger partial charge in [-0.15, -0.1) is 16.4 Å². The summed E-state index contributed by atoms with van der Waals surface area (Å²) in [7, 11) is 0. The molecule has 0 saturated heterocycles.